The average Bonchev–Trinajstić information content (AvgIpc) is 2.55. The maximum absolute atomic E-state index is 9.23. The van der Waals surface area contributed by atoms with Gasteiger partial charge in [-0.3, -0.25) is 0 Å². The second kappa shape index (κ2) is 10.1. The van der Waals surface area contributed by atoms with Crippen molar-refractivity contribution in [1.82, 2.24) is 0 Å². The Morgan fingerprint density at radius 3 is 2.33 bits per heavy atom. The van der Waals surface area contributed by atoms with Crippen LogP contribution in [0.1, 0.15) is 25.8 Å². The van der Waals surface area contributed by atoms with E-state index in [1.807, 2.05) is 45.0 Å². The van der Waals surface area contributed by atoms with Crippen molar-refractivity contribution in [3.63, 3.8) is 0 Å². The van der Waals surface area contributed by atoms with Crippen LogP contribution in [0.3, 0.4) is 0 Å². The molecule has 4 nitrogen and oxygen atoms in total. The van der Waals surface area contributed by atoms with Gasteiger partial charge < -0.3 is 15.0 Å². The van der Waals surface area contributed by atoms with Gasteiger partial charge in [0.15, 0.2) is 0 Å². The molecule has 0 fully saturated rings. The van der Waals surface area contributed by atoms with Crippen molar-refractivity contribution >= 4 is 29.1 Å². The number of hydrogen-bond donors (Lipinski definition) is 0. The van der Waals surface area contributed by atoms with E-state index in [2.05, 4.69) is 4.79 Å². The van der Waals surface area contributed by atoms with Crippen molar-refractivity contribution in [2.45, 2.75) is 32.1 Å². The Kier molecular flexibility index (Phi) is 8.79. The number of halogens is 1. The predicted molar refractivity (Wildman–Crippen MR) is 93.4 cm³/mol. The Morgan fingerprint density at radius 2 is 1.79 bits per heavy atom. The summed E-state index contributed by atoms with van der Waals surface area (Å²) in [7, 11) is 0. The number of nitrogens with zero attached hydrogens (tertiary/aromatic N) is 2. The summed E-state index contributed by atoms with van der Waals surface area (Å²) in [6.45, 7) is 6.77. The fourth-order valence-electron chi connectivity index (χ4n) is 2.15. The van der Waals surface area contributed by atoms with E-state index >= 15 is 0 Å². The molecule has 0 unspecified atom stereocenters. The van der Waals surface area contributed by atoms with Crippen molar-refractivity contribution in [2.75, 3.05) is 13.2 Å². The number of benzene rings is 1. The summed E-state index contributed by atoms with van der Waals surface area (Å²) in [5.74, 6) is 1.11. The van der Waals surface area contributed by atoms with Crippen LogP contribution in [-0.2, 0) is 29.0 Å². The maximum Gasteiger partial charge on any atom is 0.342 e. The Hall–Kier alpha value is -1.06. The Labute approximate surface area is 164 Å². The van der Waals surface area contributed by atoms with Gasteiger partial charge >= 0.3 is 5.71 Å². The van der Waals surface area contributed by atoms with Gasteiger partial charge in [0.2, 0.25) is 5.76 Å². The standard InChI is InChI=1S/C17H19ClN2O2S.Zn/c1-4-21-14-10-13(20-19)16(22-5-2)15(18)17(14)23-12-8-6-11(3)7-9-12;/h6-9H,4-5,10H2,1-3H3;. The molecule has 124 valence electrons. The molecule has 7 heteroatoms. The normalized spacial score (nSPS) is 14.2. The molecule has 1 aliphatic rings. The summed E-state index contributed by atoms with van der Waals surface area (Å²) in [6, 6.07) is 8.18. The van der Waals surface area contributed by atoms with Crippen LogP contribution in [0.2, 0.25) is 0 Å². The summed E-state index contributed by atoms with van der Waals surface area (Å²) >= 11 is 8.04. The molecule has 1 aromatic carbocycles. The molecule has 0 saturated heterocycles. The zero-order chi connectivity index (χ0) is 16.8. The summed E-state index contributed by atoms with van der Waals surface area (Å²) < 4.78 is 11.3. The molecule has 24 heavy (non-hydrogen) atoms. The first-order valence-corrected chi connectivity index (χ1v) is 8.64. The summed E-state index contributed by atoms with van der Waals surface area (Å²) in [4.78, 5) is 5.17. The van der Waals surface area contributed by atoms with E-state index in [9.17, 15) is 5.53 Å². The molecule has 0 atom stereocenters. The van der Waals surface area contributed by atoms with Gasteiger partial charge in [0.1, 0.15) is 17.2 Å². The van der Waals surface area contributed by atoms with E-state index < -0.39 is 0 Å². The predicted octanol–water partition coefficient (Wildman–Crippen LogP) is 4.89. The minimum Gasteiger partial charge on any atom is -0.496 e. The van der Waals surface area contributed by atoms with Gasteiger partial charge in [-0.25, -0.2) is 0 Å². The molecule has 2 rings (SSSR count). The number of aryl methyl sites for hydroxylation is 1. The van der Waals surface area contributed by atoms with Crippen LogP contribution in [0.15, 0.2) is 50.6 Å². The second-order valence-corrected chi connectivity index (χ2v) is 6.36. The molecule has 0 spiro atoms. The fourth-order valence-corrected chi connectivity index (χ4v) is 3.47. The van der Waals surface area contributed by atoms with Gasteiger partial charge in [0.05, 0.1) is 18.1 Å². The third-order valence-corrected chi connectivity index (χ3v) is 4.83. The SMILES string of the molecule is CCOC1=C(Sc2ccc(C)cc2)C(Cl)=C(OCC)C(=[N+]=[N-])C1.[Zn]. The van der Waals surface area contributed by atoms with E-state index in [0.29, 0.717) is 41.9 Å². The topological polar surface area (TPSA) is 54.9 Å². The van der Waals surface area contributed by atoms with Gasteiger partial charge in [-0.1, -0.05) is 41.1 Å². The maximum atomic E-state index is 9.23. The molecule has 0 saturated carbocycles. The van der Waals surface area contributed by atoms with Crippen LogP contribution in [-0.4, -0.2) is 23.7 Å². The van der Waals surface area contributed by atoms with E-state index in [0.717, 1.165) is 9.80 Å². The van der Waals surface area contributed by atoms with Crippen LogP contribution in [0.4, 0.5) is 0 Å². The van der Waals surface area contributed by atoms with Crippen molar-refractivity contribution in [2.24, 2.45) is 0 Å². The second-order valence-electron chi connectivity index (χ2n) is 4.90. The molecule has 0 amide bonds. The molecule has 0 heterocycles. The quantitative estimate of drug-likeness (QED) is 0.377. The van der Waals surface area contributed by atoms with Crippen molar-refractivity contribution in [1.29, 1.82) is 0 Å². The third-order valence-electron chi connectivity index (χ3n) is 3.21. The third kappa shape index (κ3) is 4.97. The smallest absolute Gasteiger partial charge is 0.342 e. The first-order valence-electron chi connectivity index (χ1n) is 7.45. The minimum absolute atomic E-state index is 0. The molecular weight excluding hydrogens is 397 g/mol. The Bertz CT molecular complexity index is 695. The zero-order valence-electron chi connectivity index (χ0n) is 14.1. The fraction of sp³-hybridized carbons (Fsp3) is 0.353. The monoisotopic (exact) mass is 414 g/mol. The first kappa shape index (κ1) is 21.0. The Morgan fingerprint density at radius 1 is 1.17 bits per heavy atom. The molecule has 0 N–H and O–H groups in total. The van der Waals surface area contributed by atoms with Crippen LogP contribution < -0.4 is 0 Å². The van der Waals surface area contributed by atoms with Gasteiger partial charge in [0.25, 0.3) is 0 Å². The number of rotatable bonds is 6. The number of hydrogen-bond acceptors (Lipinski definition) is 3. The Balaban J connectivity index is 0.00000288. The van der Waals surface area contributed by atoms with Crippen LogP contribution in [0.25, 0.3) is 5.53 Å². The molecular formula is C17H19ClN2O2SZn. The van der Waals surface area contributed by atoms with Crippen molar-refractivity contribution in [3.8, 4) is 0 Å². The summed E-state index contributed by atoms with van der Waals surface area (Å²) in [5.41, 5.74) is 10.8. The minimum atomic E-state index is 0. The molecule has 0 bridgehead atoms. The van der Waals surface area contributed by atoms with Crippen LogP contribution in [0, 0.1) is 6.92 Å². The van der Waals surface area contributed by atoms with Gasteiger partial charge in [-0.05, 0) is 32.9 Å². The van der Waals surface area contributed by atoms with Gasteiger partial charge in [0, 0.05) is 24.4 Å². The van der Waals surface area contributed by atoms with E-state index in [1.54, 1.807) is 0 Å². The number of thioether (sulfide) groups is 1. The molecule has 0 radical (unpaired) electrons. The van der Waals surface area contributed by atoms with Gasteiger partial charge in [-0.2, -0.15) is 4.79 Å². The van der Waals surface area contributed by atoms with Crippen molar-refractivity contribution in [3.05, 3.63) is 56.8 Å². The van der Waals surface area contributed by atoms with E-state index in [-0.39, 0.29) is 19.5 Å². The average molecular weight is 416 g/mol. The van der Waals surface area contributed by atoms with Crippen LogP contribution >= 0.6 is 23.4 Å². The largest absolute Gasteiger partial charge is 0.496 e. The molecule has 0 aliphatic heterocycles. The van der Waals surface area contributed by atoms with E-state index in [4.69, 9.17) is 21.1 Å². The molecule has 0 aromatic heterocycles. The first-order chi connectivity index (χ1) is 11.1. The van der Waals surface area contributed by atoms with Crippen LogP contribution in [0.5, 0.6) is 0 Å². The van der Waals surface area contributed by atoms with E-state index in [1.165, 1.54) is 17.3 Å². The van der Waals surface area contributed by atoms with Crippen molar-refractivity contribution < 1.29 is 33.7 Å². The molecule has 1 aromatic rings. The summed E-state index contributed by atoms with van der Waals surface area (Å²) in [5, 5.41) is 0.417. The van der Waals surface area contributed by atoms with Gasteiger partial charge in [-0.15, -0.1) is 0 Å². The summed E-state index contributed by atoms with van der Waals surface area (Å²) in [6.07, 6.45) is 0.351. The number of allylic oxidation sites excluding steroid dienone is 3. The zero-order valence-corrected chi connectivity index (χ0v) is 18.7. The number of ether oxygens (including phenoxy) is 2. The molecule has 1 aliphatic carbocycles.